The van der Waals surface area contributed by atoms with Crippen molar-refractivity contribution in [2.75, 3.05) is 25.0 Å². The number of non-ortho nitro benzene ring substituents is 1. The Balaban J connectivity index is 2.06. The summed E-state index contributed by atoms with van der Waals surface area (Å²) in [4.78, 5) is 10.4. The van der Waals surface area contributed by atoms with Crippen molar-refractivity contribution in [3.63, 3.8) is 0 Å². The maximum absolute atomic E-state index is 10.7. The van der Waals surface area contributed by atoms with Crippen LogP contribution in [0.15, 0.2) is 29.8 Å². The molecule has 0 aliphatic carbocycles. The maximum Gasteiger partial charge on any atom is 0.271 e. The van der Waals surface area contributed by atoms with Gasteiger partial charge in [0.2, 0.25) is 0 Å². The molecule has 0 bridgehead atoms. The molecule has 2 rings (SSSR count). The van der Waals surface area contributed by atoms with Crippen molar-refractivity contribution in [3.05, 3.63) is 45.5 Å². The molecule has 0 fully saturated rings. The van der Waals surface area contributed by atoms with Crippen LogP contribution in [0.25, 0.3) is 0 Å². The van der Waals surface area contributed by atoms with Gasteiger partial charge in [0, 0.05) is 30.9 Å². The minimum Gasteiger partial charge on any atom is -0.381 e. The van der Waals surface area contributed by atoms with Gasteiger partial charge in [-0.1, -0.05) is 17.7 Å². The highest BCUT2D eigenvalue weighted by molar-refractivity contribution is 5.57. The van der Waals surface area contributed by atoms with E-state index < -0.39 is 0 Å². The molecular weight excluding hydrogens is 230 g/mol. The van der Waals surface area contributed by atoms with Crippen molar-refractivity contribution in [2.45, 2.75) is 13.3 Å². The lowest BCUT2D eigenvalue weighted by molar-refractivity contribution is -0.384. The molecule has 0 spiro atoms. The van der Waals surface area contributed by atoms with Crippen LogP contribution in [-0.4, -0.2) is 24.6 Å². The Kier molecular flexibility index (Phi) is 3.94. The number of benzene rings is 1. The lowest BCUT2D eigenvalue weighted by atomic mass is 10.1. The van der Waals surface area contributed by atoms with Crippen LogP contribution in [0, 0.1) is 17.0 Å². The fraction of sp³-hybridized carbons (Fsp3) is 0.385. The molecule has 0 saturated carbocycles. The van der Waals surface area contributed by atoms with Crippen molar-refractivity contribution < 1.29 is 4.92 Å². The zero-order valence-corrected chi connectivity index (χ0v) is 10.4. The number of hydrogen-bond donors (Lipinski definition) is 2. The first-order valence-corrected chi connectivity index (χ1v) is 6.04. The van der Waals surface area contributed by atoms with E-state index in [0.29, 0.717) is 0 Å². The van der Waals surface area contributed by atoms with E-state index in [4.69, 9.17) is 0 Å². The molecule has 0 unspecified atom stereocenters. The second-order valence-electron chi connectivity index (χ2n) is 4.43. The first-order valence-electron chi connectivity index (χ1n) is 6.04. The fourth-order valence-corrected chi connectivity index (χ4v) is 1.95. The van der Waals surface area contributed by atoms with E-state index in [-0.39, 0.29) is 10.6 Å². The van der Waals surface area contributed by atoms with E-state index >= 15 is 0 Å². The van der Waals surface area contributed by atoms with Crippen LogP contribution in [0.3, 0.4) is 0 Å². The van der Waals surface area contributed by atoms with Gasteiger partial charge in [-0.2, -0.15) is 0 Å². The molecule has 2 N–H and O–H groups in total. The molecule has 0 saturated heterocycles. The van der Waals surface area contributed by atoms with Crippen molar-refractivity contribution in [1.29, 1.82) is 0 Å². The van der Waals surface area contributed by atoms with E-state index in [1.165, 1.54) is 11.6 Å². The van der Waals surface area contributed by atoms with Gasteiger partial charge in [-0.3, -0.25) is 10.1 Å². The molecule has 5 heteroatoms. The second kappa shape index (κ2) is 5.64. The van der Waals surface area contributed by atoms with Crippen molar-refractivity contribution >= 4 is 11.4 Å². The van der Waals surface area contributed by atoms with Gasteiger partial charge in [0.15, 0.2) is 0 Å². The van der Waals surface area contributed by atoms with E-state index in [0.717, 1.165) is 37.3 Å². The summed E-state index contributed by atoms with van der Waals surface area (Å²) >= 11 is 0. The Labute approximate surface area is 106 Å². The lowest BCUT2D eigenvalue weighted by Crippen LogP contribution is -2.23. The largest absolute Gasteiger partial charge is 0.381 e. The molecule has 1 aliphatic rings. The summed E-state index contributed by atoms with van der Waals surface area (Å²) in [6.07, 6.45) is 3.20. The topological polar surface area (TPSA) is 67.2 Å². The molecule has 1 aromatic rings. The summed E-state index contributed by atoms with van der Waals surface area (Å²) in [5.74, 6) is 0. The highest BCUT2D eigenvalue weighted by atomic mass is 16.6. The first kappa shape index (κ1) is 12.6. The minimum atomic E-state index is -0.367. The van der Waals surface area contributed by atoms with Crippen molar-refractivity contribution in [1.82, 2.24) is 5.32 Å². The smallest absolute Gasteiger partial charge is 0.271 e. The standard InChI is InChI=1S/C13H17N3O2/c1-10-2-3-12(16(17)18)8-13(10)15-9-11-4-6-14-7-5-11/h2-4,8,14-15H,5-7,9H2,1H3. The predicted octanol–water partition coefficient (Wildman–Crippen LogP) is 2.23. The molecule has 0 amide bonds. The average Bonchev–Trinajstić information content (AvgIpc) is 2.38. The van der Waals surface area contributed by atoms with Gasteiger partial charge in [-0.25, -0.2) is 0 Å². The minimum absolute atomic E-state index is 0.127. The van der Waals surface area contributed by atoms with Gasteiger partial charge in [0.1, 0.15) is 0 Å². The quantitative estimate of drug-likeness (QED) is 0.486. The highest BCUT2D eigenvalue weighted by Crippen LogP contribution is 2.22. The third-order valence-corrected chi connectivity index (χ3v) is 3.10. The van der Waals surface area contributed by atoms with Crippen molar-refractivity contribution in [3.8, 4) is 0 Å². The lowest BCUT2D eigenvalue weighted by Gasteiger charge is -2.16. The van der Waals surface area contributed by atoms with Crippen LogP contribution in [0.4, 0.5) is 11.4 Å². The molecular formula is C13H17N3O2. The molecule has 96 valence electrons. The van der Waals surface area contributed by atoms with Crippen LogP contribution in [-0.2, 0) is 0 Å². The molecule has 1 aliphatic heterocycles. The molecule has 18 heavy (non-hydrogen) atoms. The Morgan fingerprint density at radius 1 is 1.50 bits per heavy atom. The van der Waals surface area contributed by atoms with Crippen LogP contribution in [0.1, 0.15) is 12.0 Å². The molecule has 1 heterocycles. The van der Waals surface area contributed by atoms with Crippen LogP contribution in [0.2, 0.25) is 0 Å². The van der Waals surface area contributed by atoms with Gasteiger partial charge in [-0.15, -0.1) is 0 Å². The Bertz CT molecular complexity index is 483. The zero-order valence-electron chi connectivity index (χ0n) is 10.4. The van der Waals surface area contributed by atoms with Gasteiger partial charge < -0.3 is 10.6 Å². The van der Waals surface area contributed by atoms with E-state index in [2.05, 4.69) is 16.7 Å². The third kappa shape index (κ3) is 3.07. The Morgan fingerprint density at radius 3 is 3.00 bits per heavy atom. The number of aryl methyl sites for hydroxylation is 1. The van der Waals surface area contributed by atoms with Gasteiger partial charge in [0.25, 0.3) is 5.69 Å². The Morgan fingerprint density at radius 2 is 2.33 bits per heavy atom. The number of anilines is 1. The van der Waals surface area contributed by atoms with E-state index in [1.807, 2.05) is 6.92 Å². The predicted molar refractivity (Wildman–Crippen MR) is 71.9 cm³/mol. The van der Waals surface area contributed by atoms with Crippen LogP contribution < -0.4 is 10.6 Å². The average molecular weight is 247 g/mol. The second-order valence-corrected chi connectivity index (χ2v) is 4.43. The molecule has 0 radical (unpaired) electrons. The summed E-state index contributed by atoms with van der Waals surface area (Å²) in [5.41, 5.74) is 3.33. The normalized spacial score (nSPS) is 15.1. The van der Waals surface area contributed by atoms with E-state index in [9.17, 15) is 10.1 Å². The highest BCUT2D eigenvalue weighted by Gasteiger charge is 2.09. The summed E-state index contributed by atoms with van der Waals surface area (Å²) < 4.78 is 0. The van der Waals surface area contributed by atoms with Crippen LogP contribution >= 0.6 is 0 Å². The summed E-state index contributed by atoms with van der Waals surface area (Å²) in [6.45, 7) is 4.61. The number of rotatable bonds is 4. The SMILES string of the molecule is Cc1ccc([N+](=O)[O-])cc1NCC1=CCNCC1. The number of nitrogens with zero attached hydrogens (tertiary/aromatic N) is 1. The fourth-order valence-electron chi connectivity index (χ4n) is 1.95. The number of nitrogens with one attached hydrogen (secondary N) is 2. The van der Waals surface area contributed by atoms with Crippen LogP contribution in [0.5, 0.6) is 0 Å². The third-order valence-electron chi connectivity index (χ3n) is 3.10. The summed E-state index contributed by atoms with van der Waals surface area (Å²) in [5, 5.41) is 17.3. The molecule has 0 atom stereocenters. The molecule has 1 aromatic carbocycles. The Hall–Kier alpha value is -1.88. The first-order chi connectivity index (χ1) is 8.66. The maximum atomic E-state index is 10.7. The number of nitro groups is 1. The zero-order chi connectivity index (χ0) is 13.0. The summed E-state index contributed by atoms with van der Waals surface area (Å²) in [7, 11) is 0. The van der Waals surface area contributed by atoms with Gasteiger partial charge in [0.05, 0.1) is 4.92 Å². The van der Waals surface area contributed by atoms with E-state index in [1.54, 1.807) is 12.1 Å². The molecule has 5 nitrogen and oxygen atoms in total. The number of nitro benzene ring substituents is 1. The summed E-state index contributed by atoms with van der Waals surface area (Å²) in [6, 6.07) is 4.90. The van der Waals surface area contributed by atoms with Crippen molar-refractivity contribution in [2.24, 2.45) is 0 Å². The van der Waals surface area contributed by atoms with Gasteiger partial charge in [-0.05, 0) is 25.5 Å². The molecule has 0 aromatic heterocycles. The number of hydrogen-bond acceptors (Lipinski definition) is 4. The van der Waals surface area contributed by atoms with Gasteiger partial charge >= 0.3 is 0 Å². The monoisotopic (exact) mass is 247 g/mol.